The Morgan fingerprint density at radius 2 is 2.00 bits per heavy atom. The van der Waals surface area contributed by atoms with Crippen LogP contribution in [0.15, 0.2) is 0 Å². The van der Waals surface area contributed by atoms with Gasteiger partial charge in [0.25, 0.3) is 0 Å². The third kappa shape index (κ3) is 4.46. The van der Waals surface area contributed by atoms with Gasteiger partial charge in [-0.3, -0.25) is 9.69 Å². The van der Waals surface area contributed by atoms with Gasteiger partial charge in [0.05, 0.1) is 7.11 Å². The fourth-order valence-electron chi connectivity index (χ4n) is 3.39. The molecule has 0 aliphatic heterocycles. The third-order valence-corrected chi connectivity index (χ3v) is 4.35. The highest BCUT2D eigenvalue weighted by atomic mass is 16.5. The van der Waals surface area contributed by atoms with E-state index in [4.69, 9.17) is 10.5 Å². The van der Waals surface area contributed by atoms with Crippen molar-refractivity contribution in [1.29, 1.82) is 0 Å². The van der Waals surface area contributed by atoms with Crippen molar-refractivity contribution in [3.05, 3.63) is 0 Å². The highest BCUT2D eigenvalue weighted by Gasteiger charge is 2.34. The zero-order valence-electron chi connectivity index (χ0n) is 12.9. The van der Waals surface area contributed by atoms with Crippen LogP contribution in [0.3, 0.4) is 0 Å². The molecule has 0 aromatic rings. The van der Waals surface area contributed by atoms with E-state index in [-0.39, 0.29) is 5.97 Å². The summed E-state index contributed by atoms with van der Waals surface area (Å²) in [7, 11) is 1.40. The molecule has 2 unspecified atom stereocenters. The van der Waals surface area contributed by atoms with Crippen molar-refractivity contribution < 1.29 is 9.53 Å². The molecule has 0 spiro atoms. The first-order valence-corrected chi connectivity index (χ1v) is 7.55. The first-order valence-electron chi connectivity index (χ1n) is 7.55. The van der Waals surface area contributed by atoms with Crippen LogP contribution in [0.1, 0.15) is 59.3 Å². The fraction of sp³-hybridized carbons (Fsp3) is 0.933. The zero-order chi connectivity index (χ0) is 14.5. The van der Waals surface area contributed by atoms with Crippen LogP contribution in [-0.2, 0) is 9.53 Å². The SMILES string of the molecule is CCN(C(C)CC(C)(N)C(=O)OC)C1CCCCC1. The molecule has 0 radical (unpaired) electrons. The Morgan fingerprint density at radius 3 is 2.47 bits per heavy atom. The Balaban J connectivity index is 2.62. The number of esters is 1. The fourth-order valence-corrected chi connectivity index (χ4v) is 3.39. The van der Waals surface area contributed by atoms with Crippen molar-refractivity contribution in [2.24, 2.45) is 5.73 Å². The molecule has 2 N–H and O–H groups in total. The average molecular weight is 270 g/mol. The lowest BCUT2D eigenvalue weighted by Gasteiger charge is -2.40. The molecule has 0 bridgehead atoms. The van der Waals surface area contributed by atoms with Gasteiger partial charge >= 0.3 is 5.97 Å². The van der Waals surface area contributed by atoms with Gasteiger partial charge in [0, 0.05) is 12.1 Å². The van der Waals surface area contributed by atoms with E-state index >= 15 is 0 Å². The number of hydrogen-bond donors (Lipinski definition) is 1. The second-order valence-corrected chi connectivity index (χ2v) is 6.08. The normalized spacial score (nSPS) is 22.0. The minimum Gasteiger partial charge on any atom is -0.468 e. The molecular weight excluding hydrogens is 240 g/mol. The molecule has 1 aliphatic rings. The number of ether oxygens (including phenoxy) is 1. The Bertz CT molecular complexity index is 286. The lowest BCUT2D eigenvalue weighted by Crippen LogP contribution is -2.52. The van der Waals surface area contributed by atoms with Crippen LogP contribution in [-0.4, -0.2) is 42.1 Å². The molecule has 0 aromatic heterocycles. The van der Waals surface area contributed by atoms with Crippen LogP contribution >= 0.6 is 0 Å². The molecular formula is C15H30N2O2. The number of carbonyl (C=O) groups excluding carboxylic acids is 1. The molecule has 1 saturated carbocycles. The van der Waals surface area contributed by atoms with Gasteiger partial charge in [-0.05, 0) is 39.7 Å². The Kier molecular flexibility index (Phi) is 6.27. The minimum absolute atomic E-state index is 0.308. The number of hydrogen-bond acceptors (Lipinski definition) is 4. The summed E-state index contributed by atoms with van der Waals surface area (Å²) in [6.45, 7) is 7.15. The van der Waals surface area contributed by atoms with Crippen molar-refractivity contribution in [3.8, 4) is 0 Å². The molecule has 1 fully saturated rings. The van der Waals surface area contributed by atoms with Crippen LogP contribution in [0.2, 0.25) is 0 Å². The van der Waals surface area contributed by atoms with E-state index in [1.807, 2.05) is 0 Å². The number of carbonyl (C=O) groups is 1. The third-order valence-electron chi connectivity index (χ3n) is 4.35. The molecule has 2 atom stereocenters. The monoisotopic (exact) mass is 270 g/mol. The average Bonchev–Trinajstić information content (AvgIpc) is 2.39. The molecule has 0 saturated heterocycles. The summed E-state index contributed by atoms with van der Waals surface area (Å²) >= 11 is 0. The summed E-state index contributed by atoms with van der Waals surface area (Å²) in [6.07, 6.45) is 7.20. The summed E-state index contributed by atoms with van der Waals surface area (Å²) in [5, 5.41) is 0. The van der Waals surface area contributed by atoms with Gasteiger partial charge in [0.1, 0.15) is 5.54 Å². The van der Waals surface area contributed by atoms with E-state index in [1.165, 1.54) is 39.2 Å². The Labute approximate surface area is 117 Å². The predicted octanol–water partition coefficient (Wildman–Crippen LogP) is 2.31. The van der Waals surface area contributed by atoms with E-state index in [1.54, 1.807) is 6.92 Å². The summed E-state index contributed by atoms with van der Waals surface area (Å²) in [5.41, 5.74) is 5.20. The molecule has 1 aliphatic carbocycles. The van der Waals surface area contributed by atoms with E-state index in [2.05, 4.69) is 18.7 Å². The number of rotatable bonds is 6. The van der Waals surface area contributed by atoms with Gasteiger partial charge in [0.2, 0.25) is 0 Å². The van der Waals surface area contributed by atoms with Crippen LogP contribution in [0, 0.1) is 0 Å². The first-order chi connectivity index (χ1) is 8.92. The van der Waals surface area contributed by atoms with Crippen LogP contribution in [0.5, 0.6) is 0 Å². The maximum Gasteiger partial charge on any atom is 0.325 e. The van der Waals surface area contributed by atoms with Gasteiger partial charge in [-0.1, -0.05) is 26.2 Å². The number of nitrogens with zero attached hydrogens (tertiary/aromatic N) is 1. The van der Waals surface area contributed by atoms with E-state index in [9.17, 15) is 4.79 Å². The maximum atomic E-state index is 11.7. The summed E-state index contributed by atoms with van der Waals surface area (Å²) in [5.74, 6) is -0.320. The van der Waals surface area contributed by atoms with Crippen molar-refractivity contribution in [2.45, 2.75) is 76.9 Å². The highest BCUT2D eigenvalue weighted by Crippen LogP contribution is 2.26. The van der Waals surface area contributed by atoms with Gasteiger partial charge in [0.15, 0.2) is 0 Å². The topological polar surface area (TPSA) is 55.6 Å². The number of methoxy groups -OCH3 is 1. The summed E-state index contributed by atoms with van der Waals surface area (Å²) < 4.78 is 4.79. The minimum atomic E-state index is -0.893. The van der Waals surface area contributed by atoms with Gasteiger partial charge in [-0.25, -0.2) is 0 Å². The first kappa shape index (κ1) is 16.4. The van der Waals surface area contributed by atoms with Crippen molar-refractivity contribution in [3.63, 3.8) is 0 Å². The molecule has 0 heterocycles. The van der Waals surface area contributed by atoms with E-state index in [0.717, 1.165) is 6.54 Å². The number of nitrogens with two attached hydrogens (primary N) is 1. The van der Waals surface area contributed by atoms with E-state index < -0.39 is 5.54 Å². The molecule has 0 amide bonds. The predicted molar refractivity (Wildman–Crippen MR) is 77.9 cm³/mol. The van der Waals surface area contributed by atoms with Crippen LogP contribution in [0.25, 0.3) is 0 Å². The van der Waals surface area contributed by atoms with Gasteiger partial charge in [-0.15, -0.1) is 0 Å². The second-order valence-electron chi connectivity index (χ2n) is 6.08. The maximum absolute atomic E-state index is 11.7. The van der Waals surface area contributed by atoms with E-state index in [0.29, 0.717) is 18.5 Å². The lowest BCUT2D eigenvalue weighted by molar-refractivity contribution is -0.147. The van der Waals surface area contributed by atoms with Crippen LogP contribution in [0.4, 0.5) is 0 Å². The van der Waals surface area contributed by atoms with Gasteiger partial charge in [-0.2, -0.15) is 0 Å². The molecule has 112 valence electrons. The Hall–Kier alpha value is -0.610. The summed E-state index contributed by atoms with van der Waals surface area (Å²) in [6, 6.07) is 0.962. The van der Waals surface area contributed by atoms with Gasteiger partial charge < -0.3 is 10.5 Å². The molecule has 1 rings (SSSR count). The van der Waals surface area contributed by atoms with Crippen molar-refractivity contribution in [1.82, 2.24) is 4.90 Å². The molecule has 0 aromatic carbocycles. The lowest BCUT2D eigenvalue weighted by atomic mass is 9.89. The largest absolute Gasteiger partial charge is 0.468 e. The molecule has 4 nitrogen and oxygen atoms in total. The second kappa shape index (κ2) is 7.25. The van der Waals surface area contributed by atoms with Crippen molar-refractivity contribution >= 4 is 5.97 Å². The smallest absolute Gasteiger partial charge is 0.325 e. The quantitative estimate of drug-likeness (QED) is 0.753. The summed E-state index contributed by atoms with van der Waals surface area (Å²) in [4.78, 5) is 14.2. The highest BCUT2D eigenvalue weighted by molar-refractivity contribution is 5.79. The zero-order valence-corrected chi connectivity index (χ0v) is 12.9. The Morgan fingerprint density at radius 1 is 1.42 bits per heavy atom. The molecule has 4 heteroatoms. The van der Waals surface area contributed by atoms with Crippen LogP contribution < -0.4 is 5.73 Å². The van der Waals surface area contributed by atoms with Crippen molar-refractivity contribution in [2.75, 3.05) is 13.7 Å². The molecule has 19 heavy (non-hydrogen) atoms. The standard InChI is InChI=1S/C15H30N2O2/c1-5-17(13-9-7-6-8-10-13)12(2)11-15(3,16)14(18)19-4/h12-13H,5-11,16H2,1-4H3.